The first-order chi connectivity index (χ1) is 11.6. The number of hydrogen-bond acceptors (Lipinski definition) is 4. The molecule has 2 aromatic carbocycles. The Morgan fingerprint density at radius 1 is 1.25 bits per heavy atom. The Kier molecular flexibility index (Phi) is 4.78. The number of nitrogens with zero attached hydrogens (tertiary/aromatic N) is 1. The molecule has 1 N–H and O–H groups in total. The number of nitrogens with one attached hydrogen (secondary N) is 1. The van der Waals surface area contributed by atoms with Gasteiger partial charge in [-0.05, 0) is 42.5 Å². The molecule has 0 unspecified atom stereocenters. The van der Waals surface area contributed by atoms with E-state index in [1.165, 1.54) is 36.6 Å². The summed E-state index contributed by atoms with van der Waals surface area (Å²) in [5.74, 6) is -0.253. The molecule has 4 nitrogen and oxygen atoms in total. The van der Waals surface area contributed by atoms with Gasteiger partial charge in [0.05, 0.1) is 18.4 Å². The molecule has 0 fully saturated rings. The van der Waals surface area contributed by atoms with Gasteiger partial charge in [0, 0.05) is 16.0 Å². The number of rotatable bonds is 4. The molecule has 1 aromatic heterocycles. The number of methoxy groups -OCH3 is 1. The summed E-state index contributed by atoms with van der Waals surface area (Å²) in [6, 6.07) is 10.8. The van der Waals surface area contributed by atoms with Gasteiger partial charge in [-0.15, -0.1) is 11.3 Å². The second-order valence-corrected chi connectivity index (χ2v) is 6.14. The minimum absolute atomic E-state index is 0.310. The van der Waals surface area contributed by atoms with Crippen molar-refractivity contribution in [3.8, 4) is 17.0 Å². The fraction of sp³-hybridized carbons (Fsp3) is 0.0588. The molecular weight excluding hydrogens is 351 g/mol. The van der Waals surface area contributed by atoms with Crippen molar-refractivity contribution in [2.45, 2.75) is 0 Å². The summed E-state index contributed by atoms with van der Waals surface area (Å²) < 4.78 is 18.1. The van der Waals surface area contributed by atoms with Crippen LogP contribution < -0.4 is 10.1 Å². The highest BCUT2D eigenvalue weighted by Gasteiger charge is 2.15. The van der Waals surface area contributed by atoms with E-state index in [0.717, 1.165) is 5.56 Å². The van der Waals surface area contributed by atoms with Crippen molar-refractivity contribution in [3.05, 3.63) is 64.2 Å². The van der Waals surface area contributed by atoms with Crippen molar-refractivity contribution in [2.75, 3.05) is 12.4 Å². The number of thiazole rings is 1. The molecule has 0 aliphatic heterocycles. The van der Waals surface area contributed by atoms with Crippen molar-refractivity contribution in [1.29, 1.82) is 0 Å². The van der Waals surface area contributed by atoms with Gasteiger partial charge in [0.2, 0.25) is 0 Å². The minimum atomic E-state index is -0.366. The molecular formula is C17H12ClFN2O2S. The maximum atomic E-state index is 13.0. The SMILES string of the molecule is COc1ccc(Cl)cc1C(=O)Nc1nc(-c2ccc(F)cc2)cs1. The number of hydrogen-bond donors (Lipinski definition) is 1. The third-order valence-electron chi connectivity index (χ3n) is 3.27. The summed E-state index contributed by atoms with van der Waals surface area (Å²) in [5.41, 5.74) is 1.75. The van der Waals surface area contributed by atoms with E-state index in [-0.39, 0.29) is 11.7 Å². The Bertz CT molecular complexity index is 881. The molecule has 0 radical (unpaired) electrons. The van der Waals surface area contributed by atoms with Crippen LogP contribution in [0.15, 0.2) is 47.8 Å². The van der Waals surface area contributed by atoms with Gasteiger partial charge in [-0.2, -0.15) is 0 Å². The first-order valence-corrected chi connectivity index (χ1v) is 8.19. The van der Waals surface area contributed by atoms with Crippen LogP contribution in [0, 0.1) is 5.82 Å². The van der Waals surface area contributed by atoms with E-state index in [2.05, 4.69) is 10.3 Å². The van der Waals surface area contributed by atoms with Gasteiger partial charge in [-0.1, -0.05) is 11.6 Å². The fourth-order valence-electron chi connectivity index (χ4n) is 2.11. The average molecular weight is 363 g/mol. The molecule has 0 spiro atoms. The second kappa shape index (κ2) is 6.98. The topological polar surface area (TPSA) is 51.2 Å². The maximum Gasteiger partial charge on any atom is 0.261 e. The summed E-state index contributed by atoms with van der Waals surface area (Å²) in [6.45, 7) is 0. The fourth-order valence-corrected chi connectivity index (χ4v) is 2.99. The van der Waals surface area contributed by atoms with E-state index < -0.39 is 0 Å². The number of aromatic nitrogens is 1. The Balaban J connectivity index is 1.81. The lowest BCUT2D eigenvalue weighted by Crippen LogP contribution is -2.13. The Labute approximate surface area is 146 Å². The van der Waals surface area contributed by atoms with E-state index in [1.807, 2.05) is 0 Å². The molecule has 0 aliphatic rings. The maximum absolute atomic E-state index is 13.0. The first-order valence-electron chi connectivity index (χ1n) is 6.93. The standard InChI is InChI=1S/C17H12ClFN2O2S/c1-23-15-7-4-11(18)8-13(15)16(22)21-17-20-14(9-24-17)10-2-5-12(19)6-3-10/h2-9H,1H3,(H,20,21,22). The quantitative estimate of drug-likeness (QED) is 0.720. The summed E-state index contributed by atoms with van der Waals surface area (Å²) in [6.07, 6.45) is 0. The molecule has 122 valence electrons. The second-order valence-electron chi connectivity index (χ2n) is 4.84. The van der Waals surface area contributed by atoms with Crippen LogP contribution in [0.2, 0.25) is 5.02 Å². The molecule has 3 aromatic rings. The number of anilines is 1. The molecule has 1 heterocycles. The van der Waals surface area contributed by atoms with Gasteiger partial charge < -0.3 is 4.74 Å². The number of amides is 1. The van der Waals surface area contributed by atoms with E-state index in [0.29, 0.717) is 27.2 Å². The summed E-state index contributed by atoms with van der Waals surface area (Å²) in [5, 5.41) is 5.38. The van der Waals surface area contributed by atoms with Crippen molar-refractivity contribution in [2.24, 2.45) is 0 Å². The molecule has 3 rings (SSSR count). The van der Waals surface area contributed by atoms with Crippen LogP contribution in [-0.2, 0) is 0 Å². The van der Waals surface area contributed by atoms with E-state index in [4.69, 9.17) is 16.3 Å². The van der Waals surface area contributed by atoms with Crippen LogP contribution in [0.25, 0.3) is 11.3 Å². The van der Waals surface area contributed by atoms with Crippen LogP contribution in [0.5, 0.6) is 5.75 Å². The highest BCUT2D eigenvalue weighted by atomic mass is 35.5. The Hall–Kier alpha value is -2.44. The highest BCUT2D eigenvalue weighted by Crippen LogP contribution is 2.27. The predicted molar refractivity (Wildman–Crippen MR) is 93.5 cm³/mol. The average Bonchev–Trinajstić information content (AvgIpc) is 3.04. The highest BCUT2D eigenvalue weighted by molar-refractivity contribution is 7.14. The van der Waals surface area contributed by atoms with Crippen molar-refractivity contribution >= 4 is 34.0 Å². The minimum Gasteiger partial charge on any atom is -0.496 e. The number of ether oxygens (including phenoxy) is 1. The van der Waals surface area contributed by atoms with Crippen molar-refractivity contribution in [1.82, 2.24) is 4.98 Å². The molecule has 7 heteroatoms. The van der Waals surface area contributed by atoms with Crippen LogP contribution in [0.1, 0.15) is 10.4 Å². The molecule has 0 bridgehead atoms. The molecule has 0 atom stereocenters. The number of carbonyl (C=O) groups is 1. The normalized spacial score (nSPS) is 10.5. The van der Waals surface area contributed by atoms with Crippen LogP contribution in [0.4, 0.5) is 9.52 Å². The zero-order valence-electron chi connectivity index (χ0n) is 12.5. The summed E-state index contributed by atoms with van der Waals surface area (Å²) >= 11 is 7.22. The Morgan fingerprint density at radius 3 is 2.71 bits per heavy atom. The van der Waals surface area contributed by atoms with E-state index in [9.17, 15) is 9.18 Å². The summed E-state index contributed by atoms with van der Waals surface area (Å²) in [7, 11) is 1.48. The van der Waals surface area contributed by atoms with Gasteiger partial charge in [-0.25, -0.2) is 9.37 Å². The smallest absolute Gasteiger partial charge is 0.261 e. The van der Waals surface area contributed by atoms with Crippen molar-refractivity contribution in [3.63, 3.8) is 0 Å². The lowest BCUT2D eigenvalue weighted by atomic mass is 10.2. The van der Waals surface area contributed by atoms with Gasteiger partial charge in [-0.3, -0.25) is 10.1 Å². The molecule has 0 aliphatic carbocycles. The monoisotopic (exact) mass is 362 g/mol. The van der Waals surface area contributed by atoms with Crippen LogP contribution in [0.3, 0.4) is 0 Å². The zero-order valence-corrected chi connectivity index (χ0v) is 14.1. The lowest BCUT2D eigenvalue weighted by molar-refractivity contribution is 0.102. The van der Waals surface area contributed by atoms with Crippen LogP contribution in [-0.4, -0.2) is 18.0 Å². The van der Waals surface area contributed by atoms with Gasteiger partial charge >= 0.3 is 0 Å². The van der Waals surface area contributed by atoms with E-state index in [1.54, 1.807) is 29.6 Å². The van der Waals surface area contributed by atoms with Gasteiger partial charge in [0.25, 0.3) is 5.91 Å². The largest absolute Gasteiger partial charge is 0.496 e. The van der Waals surface area contributed by atoms with E-state index >= 15 is 0 Å². The van der Waals surface area contributed by atoms with Crippen LogP contribution >= 0.6 is 22.9 Å². The van der Waals surface area contributed by atoms with Crippen molar-refractivity contribution < 1.29 is 13.9 Å². The first kappa shape index (κ1) is 16.4. The third-order valence-corrected chi connectivity index (χ3v) is 4.26. The predicted octanol–water partition coefficient (Wildman–Crippen LogP) is 4.86. The molecule has 0 saturated heterocycles. The molecule has 24 heavy (non-hydrogen) atoms. The Morgan fingerprint density at radius 2 is 2.00 bits per heavy atom. The number of carbonyl (C=O) groups excluding carboxylic acids is 1. The molecule has 0 saturated carbocycles. The number of halogens is 2. The third kappa shape index (κ3) is 3.55. The number of benzene rings is 2. The van der Waals surface area contributed by atoms with Gasteiger partial charge in [0.15, 0.2) is 5.13 Å². The lowest BCUT2D eigenvalue weighted by Gasteiger charge is -2.08. The summed E-state index contributed by atoms with van der Waals surface area (Å²) in [4.78, 5) is 16.7. The molecule has 1 amide bonds. The van der Waals surface area contributed by atoms with Gasteiger partial charge in [0.1, 0.15) is 11.6 Å². The zero-order chi connectivity index (χ0) is 17.1.